The summed E-state index contributed by atoms with van der Waals surface area (Å²) in [4.78, 5) is 16.0. The van der Waals surface area contributed by atoms with Gasteiger partial charge in [-0.1, -0.05) is 17.3 Å². The molecule has 0 spiro atoms. The van der Waals surface area contributed by atoms with Crippen LogP contribution in [0.15, 0.2) is 59.3 Å². The number of hydrogen-bond acceptors (Lipinski definition) is 6. The molecule has 0 N–H and O–H groups in total. The van der Waals surface area contributed by atoms with E-state index in [9.17, 15) is 4.39 Å². The number of piperidine rings is 1. The van der Waals surface area contributed by atoms with Crippen molar-refractivity contribution in [3.05, 3.63) is 66.4 Å². The molecule has 0 unspecified atom stereocenters. The number of aromatic nitrogens is 4. The molecular weight excluding hydrogens is 357 g/mol. The third kappa shape index (κ3) is 3.19. The van der Waals surface area contributed by atoms with Gasteiger partial charge in [0.25, 0.3) is 0 Å². The van der Waals surface area contributed by atoms with Crippen molar-refractivity contribution in [1.82, 2.24) is 20.1 Å². The molecule has 0 saturated carbocycles. The predicted octanol–water partition coefficient (Wildman–Crippen LogP) is 4.20. The van der Waals surface area contributed by atoms with E-state index in [0.29, 0.717) is 11.7 Å². The highest BCUT2D eigenvalue weighted by atomic mass is 19.1. The van der Waals surface area contributed by atoms with Crippen LogP contribution in [0.5, 0.6) is 0 Å². The van der Waals surface area contributed by atoms with Crippen LogP contribution in [0.1, 0.15) is 24.7 Å². The molecule has 0 aliphatic carbocycles. The van der Waals surface area contributed by atoms with Gasteiger partial charge in [0, 0.05) is 18.7 Å². The number of para-hydroxylation sites is 2. The fourth-order valence-electron chi connectivity index (χ4n) is 3.60. The average Bonchev–Trinajstić information content (AvgIpc) is 3.24. The molecular formula is C21H18FN5O. The van der Waals surface area contributed by atoms with Crippen molar-refractivity contribution < 1.29 is 8.91 Å². The van der Waals surface area contributed by atoms with Crippen molar-refractivity contribution in [2.75, 3.05) is 18.0 Å². The molecule has 2 aromatic carbocycles. The van der Waals surface area contributed by atoms with Crippen molar-refractivity contribution >= 4 is 16.9 Å². The summed E-state index contributed by atoms with van der Waals surface area (Å²) in [5.41, 5.74) is 2.52. The first-order valence-electron chi connectivity index (χ1n) is 9.32. The second-order valence-electron chi connectivity index (χ2n) is 6.97. The fraction of sp³-hybridized carbons (Fsp3) is 0.238. The van der Waals surface area contributed by atoms with Gasteiger partial charge in [0.15, 0.2) is 0 Å². The molecule has 0 amide bonds. The lowest BCUT2D eigenvalue weighted by molar-refractivity contribution is 0.333. The molecule has 3 heterocycles. The first kappa shape index (κ1) is 16.8. The molecule has 5 rings (SSSR count). The molecule has 4 aromatic rings. The van der Waals surface area contributed by atoms with Crippen LogP contribution >= 0.6 is 0 Å². The molecule has 1 aliphatic heterocycles. The monoisotopic (exact) mass is 375 g/mol. The van der Waals surface area contributed by atoms with Gasteiger partial charge in [-0.05, 0) is 49.2 Å². The Morgan fingerprint density at radius 1 is 1.00 bits per heavy atom. The maximum absolute atomic E-state index is 13.1. The Morgan fingerprint density at radius 3 is 2.68 bits per heavy atom. The maximum Gasteiger partial charge on any atom is 0.231 e. The number of rotatable bonds is 3. The van der Waals surface area contributed by atoms with Crippen molar-refractivity contribution in [2.24, 2.45) is 0 Å². The van der Waals surface area contributed by atoms with E-state index in [2.05, 4.69) is 20.0 Å². The van der Waals surface area contributed by atoms with Crippen molar-refractivity contribution in [3.8, 4) is 11.4 Å². The van der Waals surface area contributed by atoms with Crippen LogP contribution in [0.3, 0.4) is 0 Å². The van der Waals surface area contributed by atoms with E-state index in [4.69, 9.17) is 9.51 Å². The lowest BCUT2D eigenvalue weighted by Gasteiger charge is -2.31. The summed E-state index contributed by atoms with van der Waals surface area (Å²) >= 11 is 0. The standard InChI is InChI=1S/C21H18FN5O/c22-16-9-7-14(8-10-16)20-25-21(28-26-20)15-4-3-11-27(13-15)19-12-23-17-5-1-2-6-18(17)24-19/h1-2,5-10,12,15H,3-4,11,13H2/t15-/m0/s1. The minimum absolute atomic E-state index is 0.128. The molecule has 7 heteroatoms. The van der Waals surface area contributed by atoms with Gasteiger partial charge in [0.2, 0.25) is 11.7 Å². The number of fused-ring (bicyclic) bond motifs is 1. The molecule has 1 saturated heterocycles. The zero-order chi connectivity index (χ0) is 18.9. The highest BCUT2D eigenvalue weighted by molar-refractivity contribution is 5.75. The van der Waals surface area contributed by atoms with Gasteiger partial charge in [-0.3, -0.25) is 4.98 Å². The number of benzene rings is 2. The Morgan fingerprint density at radius 2 is 1.82 bits per heavy atom. The van der Waals surface area contributed by atoms with E-state index in [1.165, 1.54) is 12.1 Å². The van der Waals surface area contributed by atoms with Crippen LogP contribution in [0.2, 0.25) is 0 Å². The second kappa shape index (κ2) is 6.99. The van der Waals surface area contributed by atoms with E-state index >= 15 is 0 Å². The zero-order valence-electron chi connectivity index (χ0n) is 15.1. The minimum atomic E-state index is -0.285. The normalized spacial score (nSPS) is 17.2. The van der Waals surface area contributed by atoms with Crippen LogP contribution in [0.4, 0.5) is 10.2 Å². The summed E-state index contributed by atoms with van der Waals surface area (Å²) in [5.74, 6) is 1.80. The van der Waals surface area contributed by atoms with E-state index in [1.54, 1.807) is 12.1 Å². The quantitative estimate of drug-likeness (QED) is 0.534. The molecule has 1 atom stereocenters. The number of nitrogens with zero attached hydrogens (tertiary/aromatic N) is 5. The third-order valence-corrected chi connectivity index (χ3v) is 5.07. The van der Waals surface area contributed by atoms with Gasteiger partial charge in [-0.25, -0.2) is 9.37 Å². The maximum atomic E-state index is 13.1. The van der Waals surface area contributed by atoms with Gasteiger partial charge in [0.1, 0.15) is 11.6 Å². The second-order valence-corrected chi connectivity index (χ2v) is 6.97. The summed E-state index contributed by atoms with van der Waals surface area (Å²) in [7, 11) is 0. The minimum Gasteiger partial charge on any atom is -0.355 e. The summed E-state index contributed by atoms with van der Waals surface area (Å²) in [6, 6.07) is 14.0. The van der Waals surface area contributed by atoms with Gasteiger partial charge in [-0.2, -0.15) is 4.98 Å². The van der Waals surface area contributed by atoms with Crippen molar-refractivity contribution in [2.45, 2.75) is 18.8 Å². The van der Waals surface area contributed by atoms with Gasteiger partial charge < -0.3 is 9.42 Å². The van der Waals surface area contributed by atoms with E-state index in [1.807, 2.05) is 30.5 Å². The fourth-order valence-corrected chi connectivity index (χ4v) is 3.60. The Hall–Kier alpha value is -3.35. The molecule has 28 heavy (non-hydrogen) atoms. The Bertz CT molecular complexity index is 1110. The van der Waals surface area contributed by atoms with Crippen LogP contribution in [-0.4, -0.2) is 33.2 Å². The smallest absolute Gasteiger partial charge is 0.231 e. The van der Waals surface area contributed by atoms with Crippen molar-refractivity contribution in [1.29, 1.82) is 0 Å². The summed E-state index contributed by atoms with van der Waals surface area (Å²) in [6.45, 7) is 1.67. The van der Waals surface area contributed by atoms with Crippen molar-refractivity contribution in [3.63, 3.8) is 0 Å². The Labute approximate surface area is 161 Å². The predicted molar refractivity (Wildman–Crippen MR) is 103 cm³/mol. The molecule has 1 fully saturated rings. The lowest BCUT2D eigenvalue weighted by atomic mass is 9.98. The molecule has 0 bridgehead atoms. The number of halogens is 1. The van der Waals surface area contributed by atoms with Crippen LogP contribution < -0.4 is 4.90 Å². The van der Waals surface area contributed by atoms with Gasteiger partial charge in [-0.15, -0.1) is 0 Å². The van der Waals surface area contributed by atoms with E-state index < -0.39 is 0 Å². The SMILES string of the molecule is Fc1ccc(-c2noc([C@H]3CCCN(c4cnc5ccccc5n4)C3)n2)cc1. The van der Waals surface area contributed by atoms with Crippen LogP contribution in [0, 0.1) is 5.82 Å². The molecule has 6 nitrogen and oxygen atoms in total. The van der Waals surface area contributed by atoms with Gasteiger partial charge >= 0.3 is 0 Å². The van der Waals surface area contributed by atoms with E-state index in [-0.39, 0.29) is 11.7 Å². The topological polar surface area (TPSA) is 67.9 Å². The average molecular weight is 375 g/mol. The summed E-state index contributed by atoms with van der Waals surface area (Å²) in [5, 5.41) is 4.07. The Kier molecular flexibility index (Phi) is 4.20. The largest absolute Gasteiger partial charge is 0.355 e. The summed E-state index contributed by atoms with van der Waals surface area (Å²) < 4.78 is 18.6. The first-order valence-corrected chi connectivity index (χ1v) is 9.32. The number of anilines is 1. The van der Waals surface area contributed by atoms with Crippen LogP contribution in [0.25, 0.3) is 22.4 Å². The lowest BCUT2D eigenvalue weighted by Crippen LogP contribution is -2.35. The van der Waals surface area contributed by atoms with Gasteiger partial charge in [0.05, 0.1) is 23.1 Å². The summed E-state index contributed by atoms with van der Waals surface area (Å²) in [6.07, 6.45) is 3.80. The highest BCUT2D eigenvalue weighted by Crippen LogP contribution is 2.30. The van der Waals surface area contributed by atoms with E-state index in [0.717, 1.165) is 48.3 Å². The highest BCUT2D eigenvalue weighted by Gasteiger charge is 2.27. The number of hydrogen-bond donors (Lipinski definition) is 0. The molecule has 0 radical (unpaired) electrons. The molecule has 140 valence electrons. The third-order valence-electron chi connectivity index (χ3n) is 5.07. The van der Waals surface area contributed by atoms with Crippen LogP contribution in [-0.2, 0) is 0 Å². The molecule has 2 aromatic heterocycles. The zero-order valence-corrected chi connectivity index (χ0v) is 15.1. The first-order chi connectivity index (χ1) is 13.8. The molecule has 1 aliphatic rings. The Balaban J connectivity index is 1.37.